The molecule has 7 heteroatoms. The van der Waals surface area contributed by atoms with Gasteiger partial charge in [-0.15, -0.1) is 0 Å². The summed E-state index contributed by atoms with van der Waals surface area (Å²) in [6.07, 6.45) is -1.80. The smallest absolute Gasteiger partial charge is 0.240 e. The molecule has 4 N–H and O–H groups in total. The van der Waals surface area contributed by atoms with E-state index < -0.39 is 22.2 Å². The lowest BCUT2D eigenvalue weighted by Crippen LogP contribution is -2.33. The molecule has 0 radical (unpaired) electrons. The minimum atomic E-state index is -3.72. The van der Waals surface area contributed by atoms with Crippen LogP contribution in [0.1, 0.15) is 31.9 Å². The Bertz CT molecular complexity index is 792. The van der Waals surface area contributed by atoms with Gasteiger partial charge in [0.05, 0.1) is 17.1 Å². The Labute approximate surface area is 161 Å². The molecule has 1 unspecified atom stereocenters. The molecule has 27 heavy (non-hydrogen) atoms. The molecule has 148 valence electrons. The summed E-state index contributed by atoms with van der Waals surface area (Å²) in [7, 11) is -3.72. The molecule has 0 fully saturated rings. The minimum Gasteiger partial charge on any atom is -0.392 e. The first kappa shape index (κ1) is 21.4. The Hall–Kier alpha value is -1.93. The number of aliphatic hydroxyl groups is 2. The van der Waals surface area contributed by atoms with Gasteiger partial charge in [-0.25, -0.2) is 13.1 Å². The lowest BCUT2D eigenvalue weighted by Gasteiger charge is -2.17. The van der Waals surface area contributed by atoms with E-state index in [1.165, 1.54) is 12.1 Å². The molecule has 0 aliphatic rings. The Morgan fingerprint density at radius 2 is 1.56 bits per heavy atom. The Kier molecular flexibility index (Phi) is 7.79. The van der Waals surface area contributed by atoms with Gasteiger partial charge in [-0.2, -0.15) is 0 Å². The van der Waals surface area contributed by atoms with Crippen LogP contribution in [0.15, 0.2) is 59.5 Å². The molecule has 0 aliphatic heterocycles. The highest BCUT2D eigenvalue weighted by atomic mass is 32.2. The minimum absolute atomic E-state index is 0.0462. The first-order chi connectivity index (χ1) is 12.8. The number of rotatable bonds is 10. The monoisotopic (exact) mass is 392 g/mol. The highest BCUT2D eigenvalue weighted by molar-refractivity contribution is 7.89. The van der Waals surface area contributed by atoms with Crippen molar-refractivity contribution in [3.8, 4) is 0 Å². The predicted octanol–water partition coefficient (Wildman–Crippen LogP) is 2.52. The zero-order valence-corrected chi connectivity index (χ0v) is 16.5. The van der Waals surface area contributed by atoms with E-state index in [9.17, 15) is 18.6 Å². The van der Waals surface area contributed by atoms with Gasteiger partial charge in [0.2, 0.25) is 10.0 Å². The summed E-state index contributed by atoms with van der Waals surface area (Å²) in [4.78, 5) is 0.133. The van der Waals surface area contributed by atoms with Crippen LogP contribution in [0.3, 0.4) is 0 Å². The summed E-state index contributed by atoms with van der Waals surface area (Å²) in [5, 5.41) is 23.4. The van der Waals surface area contributed by atoms with Crippen molar-refractivity contribution in [3.05, 3.63) is 60.2 Å². The zero-order chi connectivity index (χ0) is 19.9. The zero-order valence-electron chi connectivity index (χ0n) is 15.7. The molecule has 2 atom stereocenters. The molecular formula is C20H28N2O4S. The number of aliphatic hydroxyl groups excluding tert-OH is 2. The number of anilines is 1. The molecule has 2 aromatic carbocycles. The summed E-state index contributed by atoms with van der Waals surface area (Å²) in [5.41, 5.74) is 1.54. The van der Waals surface area contributed by atoms with Crippen molar-refractivity contribution in [2.24, 2.45) is 5.92 Å². The van der Waals surface area contributed by atoms with Crippen LogP contribution in [0.4, 0.5) is 5.69 Å². The second kappa shape index (κ2) is 9.85. The SMILES string of the molecule is CC(C)CNc1ccc(S(=O)(=O)NC[C@H](O)CC(O)c2ccccc2)cc1. The summed E-state index contributed by atoms with van der Waals surface area (Å²) < 4.78 is 27.1. The second-order valence-corrected chi connectivity index (χ2v) is 8.73. The highest BCUT2D eigenvalue weighted by Crippen LogP contribution is 2.18. The van der Waals surface area contributed by atoms with E-state index in [2.05, 4.69) is 23.9 Å². The van der Waals surface area contributed by atoms with Crippen molar-refractivity contribution in [1.82, 2.24) is 4.72 Å². The normalized spacial score (nSPS) is 14.1. The third kappa shape index (κ3) is 6.95. The summed E-state index contributed by atoms with van der Waals surface area (Å²) in [6.45, 7) is 4.82. The maximum Gasteiger partial charge on any atom is 0.240 e. The largest absolute Gasteiger partial charge is 0.392 e. The quantitative estimate of drug-likeness (QED) is 0.498. The second-order valence-electron chi connectivity index (χ2n) is 6.97. The molecule has 0 aliphatic carbocycles. The van der Waals surface area contributed by atoms with Gasteiger partial charge in [-0.3, -0.25) is 0 Å². The van der Waals surface area contributed by atoms with E-state index in [4.69, 9.17) is 0 Å². The molecular weight excluding hydrogens is 364 g/mol. The van der Waals surface area contributed by atoms with Crippen LogP contribution in [-0.4, -0.2) is 37.8 Å². The van der Waals surface area contributed by atoms with Crippen molar-refractivity contribution in [3.63, 3.8) is 0 Å². The molecule has 2 aromatic rings. The van der Waals surface area contributed by atoms with Crippen LogP contribution < -0.4 is 10.0 Å². The number of hydrogen-bond acceptors (Lipinski definition) is 5. The average Bonchev–Trinajstić information content (AvgIpc) is 2.66. The standard InChI is InChI=1S/C20H28N2O4S/c1-15(2)13-21-17-8-10-19(11-9-17)27(25,26)22-14-18(23)12-20(24)16-6-4-3-5-7-16/h3-11,15,18,20-24H,12-14H2,1-2H3/t18-,20?/m1/s1. The molecule has 0 saturated heterocycles. The molecule has 0 saturated carbocycles. The van der Waals surface area contributed by atoms with E-state index in [0.29, 0.717) is 11.5 Å². The van der Waals surface area contributed by atoms with Gasteiger partial charge in [0.1, 0.15) is 0 Å². The molecule has 2 rings (SSSR count). The van der Waals surface area contributed by atoms with Crippen molar-refractivity contribution in [2.45, 2.75) is 37.4 Å². The van der Waals surface area contributed by atoms with Gasteiger partial charge in [-0.05, 0) is 35.7 Å². The molecule has 0 amide bonds. The lowest BCUT2D eigenvalue weighted by atomic mass is 10.0. The molecule has 0 heterocycles. The Balaban J connectivity index is 1.88. The third-order valence-electron chi connectivity index (χ3n) is 4.07. The van der Waals surface area contributed by atoms with Gasteiger partial charge in [0.15, 0.2) is 0 Å². The molecule has 0 aromatic heterocycles. The fourth-order valence-corrected chi connectivity index (χ4v) is 3.59. The van der Waals surface area contributed by atoms with E-state index in [1.807, 2.05) is 6.07 Å². The predicted molar refractivity (Wildman–Crippen MR) is 107 cm³/mol. The maximum atomic E-state index is 12.4. The van der Waals surface area contributed by atoms with Crippen LogP contribution in [0, 0.1) is 5.92 Å². The van der Waals surface area contributed by atoms with E-state index >= 15 is 0 Å². The number of hydrogen-bond donors (Lipinski definition) is 4. The number of sulfonamides is 1. The van der Waals surface area contributed by atoms with E-state index in [0.717, 1.165) is 12.2 Å². The van der Waals surface area contributed by atoms with Gasteiger partial charge in [0.25, 0.3) is 0 Å². The molecule has 0 bridgehead atoms. The number of nitrogens with one attached hydrogen (secondary N) is 2. The Morgan fingerprint density at radius 1 is 0.926 bits per heavy atom. The van der Waals surface area contributed by atoms with Crippen LogP contribution in [0.2, 0.25) is 0 Å². The summed E-state index contributed by atoms with van der Waals surface area (Å²) >= 11 is 0. The van der Waals surface area contributed by atoms with Crippen molar-refractivity contribution < 1.29 is 18.6 Å². The molecule has 0 spiro atoms. The lowest BCUT2D eigenvalue weighted by molar-refractivity contribution is 0.0831. The third-order valence-corrected chi connectivity index (χ3v) is 5.51. The van der Waals surface area contributed by atoms with Crippen LogP contribution >= 0.6 is 0 Å². The van der Waals surface area contributed by atoms with Gasteiger partial charge in [-0.1, -0.05) is 44.2 Å². The van der Waals surface area contributed by atoms with Gasteiger partial charge >= 0.3 is 0 Å². The first-order valence-corrected chi connectivity index (χ1v) is 10.5. The summed E-state index contributed by atoms with van der Waals surface area (Å²) in [6, 6.07) is 15.4. The van der Waals surface area contributed by atoms with E-state index in [-0.39, 0.29) is 17.9 Å². The average molecular weight is 393 g/mol. The van der Waals surface area contributed by atoms with Crippen molar-refractivity contribution in [2.75, 3.05) is 18.4 Å². The number of benzene rings is 2. The van der Waals surface area contributed by atoms with Crippen LogP contribution in [0.25, 0.3) is 0 Å². The van der Waals surface area contributed by atoms with Crippen molar-refractivity contribution >= 4 is 15.7 Å². The van der Waals surface area contributed by atoms with Crippen LogP contribution in [0.5, 0.6) is 0 Å². The van der Waals surface area contributed by atoms with E-state index in [1.54, 1.807) is 36.4 Å². The van der Waals surface area contributed by atoms with Crippen molar-refractivity contribution in [1.29, 1.82) is 0 Å². The first-order valence-electron chi connectivity index (χ1n) is 9.02. The maximum absolute atomic E-state index is 12.4. The van der Waals surface area contributed by atoms with Gasteiger partial charge in [0, 0.05) is 25.2 Å². The molecule has 6 nitrogen and oxygen atoms in total. The fraction of sp³-hybridized carbons (Fsp3) is 0.400. The van der Waals surface area contributed by atoms with Crippen LogP contribution in [-0.2, 0) is 10.0 Å². The Morgan fingerprint density at radius 3 is 2.15 bits per heavy atom. The highest BCUT2D eigenvalue weighted by Gasteiger charge is 2.18. The summed E-state index contributed by atoms with van der Waals surface area (Å²) in [5.74, 6) is 0.489. The topological polar surface area (TPSA) is 98.7 Å². The van der Waals surface area contributed by atoms with Gasteiger partial charge < -0.3 is 15.5 Å². The fourth-order valence-electron chi connectivity index (χ4n) is 2.52.